The highest BCUT2D eigenvalue weighted by Gasteiger charge is 2.13. The highest BCUT2D eigenvalue weighted by atomic mass is 32.1. The Hall–Kier alpha value is -2.08. The number of hydrogen-bond acceptors (Lipinski definition) is 5. The number of nitrogens with zero attached hydrogens (tertiary/aromatic N) is 1. The molecule has 0 unspecified atom stereocenters. The fraction of sp³-hybridized carbons (Fsp3) is 0.286. The number of aromatic carboxylic acids is 1. The van der Waals surface area contributed by atoms with Crippen molar-refractivity contribution in [3.05, 3.63) is 34.8 Å². The van der Waals surface area contributed by atoms with Crippen molar-refractivity contribution in [2.24, 2.45) is 0 Å². The third kappa shape index (κ3) is 3.48. The Morgan fingerprint density at radius 1 is 1.40 bits per heavy atom. The number of benzene rings is 1. The number of hydrogen-bond donors (Lipinski definition) is 2. The summed E-state index contributed by atoms with van der Waals surface area (Å²) in [5.41, 5.74) is 1.37. The zero-order valence-electron chi connectivity index (χ0n) is 11.3. The maximum absolute atomic E-state index is 11.0. The van der Waals surface area contributed by atoms with Crippen LogP contribution in [0.25, 0.3) is 0 Å². The third-order valence-corrected chi connectivity index (χ3v) is 3.63. The molecule has 2 N–H and O–H groups in total. The van der Waals surface area contributed by atoms with E-state index in [2.05, 4.69) is 17.2 Å². The molecule has 106 valence electrons. The number of carbonyl (C=O) groups is 1. The van der Waals surface area contributed by atoms with Crippen LogP contribution in [0.1, 0.15) is 28.7 Å². The van der Waals surface area contributed by atoms with Crippen LogP contribution >= 0.6 is 11.3 Å². The molecule has 20 heavy (non-hydrogen) atoms. The first-order chi connectivity index (χ1) is 9.60. The molecular weight excluding hydrogens is 276 g/mol. The minimum Gasteiger partial charge on any atom is -0.494 e. The highest BCUT2D eigenvalue weighted by molar-refractivity contribution is 7.17. The maximum atomic E-state index is 11.0. The van der Waals surface area contributed by atoms with Gasteiger partial charge in [-0.3, -0.25) is 0 Å². The van der Waals surface area contributed by atoms with E-state index in [-0.39, 0.29) is 4.88 Å². The number of ether oxygens (including phenoxy) is 1. The Labute approximate surface area is 121 Å². The maximum Gasteiger partial charge on any atom is 0.347 e. The fourth-order valence-electron chi connectivity index (χ4n) is 1.63. The molecule has 0 aliphatic carbocycles. The van der Waals surface area contributed by atoms with Crippen molar-refractivity contribution in [3.63, 3.8) is 0 Å². The number of carboxylic acid groups (broad SMARTS) is 1. The summed E-state index contributed by atoms with van der Waals surface area (Å²) >= 11 is 1.13. The molecule has 0 atom stereocenters. The van der Waals surface area contributed by atoms with Crippen LogP contribution in [-0.2, 0) is 0 Å². The van der Waals surface area contributed by atoms with Crippen LogP contribution in [0, 0.1) is 6.92 Å². The normalized spacial score (nSPS) is 10.3. The predicted molar refractivity (Wildman–Crippen MR) is 79.3 cm³/mol. The van der Waals surface area contributed by atoms with E-state index in [1.165, 1.54) is 0 Å². The lowest BCUT2D eigenvalue weighted by molar-refractivity contribution is 0.0701. The van der Waals surface area contributed by atoms with Gasteiger partial charge in [-0.15, -0.1) is 0 Å². The van der Waals surface area contributed by atoms with Gasteiger partial charge in [0, 0.05) is 5.69 Å². The molecule has 0 amide bonds. The van der Waals surface area contributed by atoms with E-state index < -0.39 is 5.97 Å². The SMILES string of the molecule is CCCOc1ccc(Nc2nc(C)c(C(=O)O)s2)cc1. The van der Waals surface area contributed by atoms with Gasteiger partial charge in [0.1, 0.15) is 10.6 Å². The van der Waals surface area contributed by atoms with Crippen molar-refractivity contribution in [2.45, 2.75) is 20.3 Å². The summed E-state index contributed by atoms with van der Waals surface area (Å²) in [5.74, 6) is -0.129. The van der Waals surface area contributed by atoms with Gasteiger partial charge in [0.15, 0.2) is 5.13 Å². The second kappa shape index (κ2) is 6.38. The van der Waals surface area contributed by atoms with Crippen molar-refractivity contribution in [1.29, 1.82) is 0 Å². The second-order valence-electron chi connectivity index (χ2n) is 4.24. The standard InChI is InChI=1S/C14H16N2O3S/c1-3-8-19-11-6-4-10(5-7-11)16-14-15-9(2)12(20-14)13(17)18/h4-7H,3,8H2,1-2H3,(H,15,16)(H,17,18). The van der Waals surface area contributed by atoms with Crippen molar-refractivity contribution in [1.82, 2.24) is 4.98 Å². The van der Waals surface area contributed by atoms with Gasteiger partial charge >= 0.3 is 5.97 Å². The monoisotopic (exact) mass is 292 g/mol. The fourth-order valence-corrected chi connectivity index (χ4v) is 2.45. The first-order valence-corrected chi connectivity index (χ1v) is 7.12. The first-order valence-electron chi connectivity index (χ1n) is 6.30. The molecule has 0 bridgehead atoms. The van der Waals surface area contributed by atoms with Crippen molar-refractivity contribution in [3.8, 4) is 5.75 Å². The van der Waals surface area contributed by atoms with Crippen molar-refractivity contribution >= 4 is 28.1 Å². The Balaban J connectivity index is 2.06. The molecule has 1 aromatic heterocycles. The average molecular weight is 292 g/mol. The van der Waals surface area contributed by atoms with Crippen LogP contribution in [0.4, 0.5) is 10.8 Å². The molecule has 0 radical (unpaired) electrons. The molecular formula is C14H16N2O3S. The number of aryl methyl sites for hydroxylation is 1. The summed E-state index contributed by atoms with van der Waals surface area (Å²) < 4.78 is 5.50. The van der Waals surface area contributed by atoms with Crippen molar-refractivity contribution in [2.75, 3.05) is 11.9 Å². The minimum atomic E-state index is -0.948. The number of aromatic nitrogens is 1. The molecule has 1 aromatic carbocycles. The minimum absolute atomic E-state index is 0.260. The van der Waals surface area contributed by atoms with E-state index in [9.17, 15) is 4.79 Å². The van der Waals surface area contributed by atoms with Crippen LogP contribution in [0.3, 0.4) is 0 Å². The van der Waals surface area contributed by atoms with Crippen LogP contribution in [-0.4, -0.2) is 22.7 Å². The number of carboxylic acids is 1. The van der Waals surface area contributed by atoms with Gasteiger partial charge in [0.05, 0.1) is 12.3 Å². The first kappa shape index (κ1) is 14.3. The molecule has 0 saturated carbocycles. The van der Waals surface area contributed by atoms with Crippen LogP contribution in [0.2, 0.25) is 0 Å². The summed E-state index contributed by atoms with van der Waals surface area (Å²) in [4.78, 5) is 15.4. The molecule has 0 spiro atoms. The lowest BCUT2D eigenvalue weighted by atomic mass is 10.3. The van der Waals surface area contributed by atoms with E-state index in [1.54, 1.807) is 6.92 Å². The number of anilines is 2. The summed E-state index contributed by atoms with van der Waals surface area (Å²) in [6.45, 7) is 4.44. The van der Waals surface area contributed by atoms with Crippen LogP contribution in [0.15, 0.2) is 24.3 Å². The Kier molecular flexibility index (Phi) is 4.57. The number of rotatable bonds is 6. The lowest BCUT2D eigenvalue weighted by Crippen LogP contribution is -1.95. The van der Waals surface area contributed by atoms with Crippen molar-refractivity contribution < 1.29 is 14.6 Å². The highest BCUT2D eigenvalue weighted by Crippen LogP contribution is 2.26. The van der Waals surface area contributed by atoms with Gasteiger partial charge in [0.2, 0.25) is 0 Å². The van der Waals surface area contributed by atoms with Gasteiger partial charge < -0.3 is 15.2 Å². The largest absolute Gasteiger partial charge is 0.494 e. The number of nitrogens with one attached hydrogen (secondary N) is 1. The quantitative estimate of drug-likeness (QED) is 0.849. The topological polar surface area (TPSA) is 71.5 Å². The Morgan fingerprint density at radius 3 is 2.65 bits per heavy atom. The van der Waals surface area contributed by atoms with E-state index >= 15 is 0 Å². The Morgan fingerprint density at radius 2 is 2.10 bits per heavy atom. The van der Waals surface area contributed by atoms with Gasteiger partial charge in [-0.25, -0.2) is 9.78 Å². The Bertz CT molecular complexity index is 593. The van der Waals surface area contributed by atoms with E-state index in [0.29, 0.717) is 17.4 Å². The molecule has 0 fully saturated rings. The van der Waals surface area contributed by atoms with E-state index in [4.69, 9.17) is 9.84 Å². The molecule has 1 heterocycles. The van der Waals surface area contributed by atoms with Gasteiger partial charge in [-0.05, 0) is 37.6 Å². The lowest BCUT2D eigenvalue weighted by Gasteiger charge is -2.06. The molecule has 5 nitrogen and oxygen atoms in total. The molecule has 2 aromatic rings. The molecule has 0 saturated heterocycles. The summed E-state index contributed by atoms with van der Waals surface area (Å²) in [5, 5.41) is 12.7. The van der Waals surface area contributed by atoms with Crippen LogP contribution < -0.4 is 10.1 Å². The molecule has 0 aliphatic rings. The average Bonchev–Trinajstić information content (AvgIpc) is 2.79. The second-order valence-corrected chi connectivity index (χ2v) is 5.24. The van der Waals surface area contributed by atoms with Gasteiger partial charge in [-0.2, -0.15) is 0 Å². The van der Waals surface area contributed by atoms with Crippen LogP contribution in [0.5, 0.6) is 5.75 Å². The van der Waals surface area contributed by atoms with Gasteiger partial charge in [-0.1, -0.05) is 18.3 Å². The van der Waals surface area contributed by atoms with Gasteiger partial charge in [0.25, 0.3) is 0 Å². The summed E-state index contributed by atoms with van der Waals surface area (Å²) in [6, 6.07) is 7.50. The smallest absolute Gasteiger partial charge is 0.347 e. The third-order valence-electron chi connectivity index (χ3n) is 2.57. The number of thiazole rings is 1. The zero-order chi connectivity index (χ0) is 14.5. The summed E-state index contributed by atoms with van der Waals surface area (Å²) in [7, 11) is 0. The van der Waals surface area contributed by atoms with E-state index in [0.717, 1.165) is 29.2 Å². The van der Waals surface area contributed by atoms with E-state index in [1.807, 2.05) is 24.3 Å². The molecule has 6 heteroatoms. The summed E-state index contributed by atoms with van der Waals surface area (Å²) in [6.07, 6.45) is 0.969. The predicted octanol–water partition coefficient (Wildman–Crippen LogP) is 3.68. The zero-order valence-corrected chi connectivity index (χ0v) is 12.2. The molecule has 2 rings (SSSR count). The molecule has 0 aliphatic heterocycles.